The molecule has 3 amide bonds. The van der Waals surface area contributed by atoms with Gasteiger partial charge >= 0.3 is 0 Å². The van der Waals surface area contributed by atoms with Gasteiger partial charge in [0.1, 0.15) is 11.8 Å². The van der Waals surface area contributed by atoms with Crippen LogP contribution in [0.5, 0.6) is 5.75 Å². The molecule has 0 N–H and O–H groups in total. The predicted octanol–water partition coefficient (Wildman–Crippen LogP) is 4.25. The number of benzene rings is 1. The van der Waals surface area contributed by atoms with Crippen LogP contribution in [0.4, 0.5) is 0 Å². The highest BCUT2D eigenvalue weighted by Crippen LogP contribution is 2.26. The first kappa shape index (κ1) is 31.4. The van der Waals surface area contributed by atoms with Crippen LogP contribution in [0.1, 0.15) is 74.9 Å². The molecule has 0 unspecified atom stereocenters. The first-order chi connectivity index (χ1) is 19.1. The molecule has 0 saturated carbocycles. The quantitative estimate of drug-likeness (QED) is 0.524. The Labute approximate surface area is 242 Å². The lowest BCUT2D eigenvalue weighted by Gasteiger charge is -2.33. The Morgan fingerprint density at radius 1 is 1.10 bits per heavy atom. The van der Waals surface area contributed by atoms with Crippen molar-refractivity contribution in [2.45, 2.75) is 71.8 Å². The van der Waals surface area contributed by atoms with Gasteiger partial charge in [-0.3, -0.25) is 14.4 Å². The van der Waals surface area contributed by atoms with Gasteiger partial charge in [-0.2, -0.15) is 4.98 Å². The summed E-state index contributed by atoms with van der Waals surface area (Å²) < 4.78 is 11.3. The average Bonchev–Trinajstić information content (AvgIpc) is 3.40. The fourth-order valence-electron chi connectivity index (χ4n) is 4.85. The van der Waals surface area contributed by atoms with Crippen molar-refractivity contribution in [3.05, 3.63) is 40.5 Å². The van der Waals surface area contributed by atoms with E-state index in [1.54, 1.807) is 37.2 Å². The lowest BCUT2D eigenvalue weighted by atomic mass is 10.00. The first-order valence-corrected chi connectivity index (χ1v) is 14.5. The Morgan fingerprint density at radius 2 is 1.80 bits per heavy atom. The van der Waals surface area contributed by atoms with Crippen LogP contribution in [0.15, 0.2) is 22.7 Å². The smallest absolute Gasteiger partial charge is 0.258 e. The Kier molecular flexibility index (Phi) is 11.8. The van der Waals surface area contributed by atoms with E-state index in [1.807, 2.05) is 25.7 Å². The van der Waals surface area contributed by atoms with Crippen molar-refractivity contribution in [1.29, 1.82) is 0 Å². The first-order valence-electron chi connectivity index (χ1n) is 14.2. The second kappa shape index (κ2) is 15.0. The van der Waals surface area contributed by atoms with Crippen molar-refractivity contribution in [1.82, 2.24) is 24.8 Å². The maximum Gasteiger partial charge on any atom is 0.258 e. The molecule has 40 heavy (non-hydrogen) atoms. The van der Waals surface area contributed by atoms with Crippen LogP contribution in [-0.4, -0.2) is 88.9 Å². The summed E-state index contributed by atoms with van der Waals surface area (Å²) in [4.78, 5) is 49.5. The maximum absolute atomic E-state index is 13.6. The van der Waals surface area contributed by atoms with Crippen LogP contribution in [0.25, 0.3) is 0 Å². The number of fused-ring (bicyclic) bond motifs is 1. The molecule has 1 aromatic heterocycles. The summed E-state index contributed by atoms with van der Waals surface area (Å²) in [6, 6.07) is 4.31. The van der Waals surface area contributed by atoms with E-state index in [0.29, 0.717) is 80.0 Å². The van der Waals surface area contributed by atoms with Crippen molar-refractivity contribution >= 4 is 29.3 Å². The van der Waals surface area contributed by atoms with Gasteiger partial charge in [0.15, 0.2) is 5.82 Å². The third kappa shape index (κ3) is 8.43. The van der Waals surface area contributed by atoms with E-state index in [4.69, 9.17) is 20.9 Å². The van der Waals surface area contributed by atoms with Crippen LogP contribution in [-0.2, 0) is 22.4 Å². The van der Waals surface area contributed by atoms with Gasteiger partial charge < -0.3 is 24.0 Å². The molecular formula is C29H42ClN5O5. The average molecular weight is 576 g/mol. The third-order valence-corrected chi connectivity index (χ3v) is 7.39. The van der Waals surface area contributed by atoms with Crippen LogP contribution in [0, 0.1) is 5.92 Å². The van der Waals surface area contributed by atoms with Crippen molar-refractivity contribution in [3.8, 4) is 5.75 Å². The SMILES string of the molecule is CCc1noc(CCC(=O)N2CCCCOc3ccc(Cl)cc3C(=O)N(C)[C@@H](C(C)C)C(=O)N(C)CCCC2)n1. The molecule has 2 aromatic rings. The van der Waals surface area contributed by atoms with Crippen LogP contribution >= 0.6 is 11.6 Å². The molecule has 2 heterocycles. The number of halogens is 1. The molecule has 0 fully saturated rings. The highest BCUT2D eigenvalue weighted by atomic mass is 35.5. The second-order valence-corrected chi connectivity index (χ2v) is 11.0. The number of ether oxygens (including phenoxy) is 1. The number of carbonyl (C=O) groups is 3. The fourth-order valence-corrected chi connectivity index (χ4v) is 5.02. The maximum atomic E-state index is 13.6. The Balaban J connectivity index is 1.76. The van der Waals surface area contributed by atoms with E-state index in [1.165, 1.54) is 4.90 Å². The summed E-state index contributed by atoms with van der Waals surface area (Å²) in [6.45, 7) is 7.90. The lowest BCUT2D eigenvalue weighted by Crippen LogP contribution is -2.51. The van der Waals surface area contributed by atoms with Gasteiger partial charge in [0, 0.05) is 58.0 Å². The van der Waals surface area contributed by atoms with Crippen LogP contribution in [0.2, 0.25) is 5.02 Å². The largest absolute Gasteiger partial charge is 0.493 e. The van der Waals surface area contributed by atoms with Crippen LogP contribution in [0.3, 0.4) is 0 Å². The summed E-state index contributed by atoms with van der Waals surface area (Å²) in [6.07, 6.45) is 4.32. The third-order valence-electron chi connectivity index (χ3n) is 7.15. The van der Waals surface area contributed by atoms with E-state index < -0.39 is 6.04 Å². The fraction of sp³-hybridized carbons (Fsp3) is 0.621. The summed E-state index contributed by atoms with van der Waals surface area (Å²) >= 11 is 6.24. The molecule has 1 aliphatic rings. The standard InChI is InChI=1S/C29H42ClN5O5/c1-6-24-31-25(40-32-24)13-14-26(36)35-16-8-7-15-33(4)29(38)27(20(2)3)34(5)28(37)22-19-21(30)11-12-23(22)39-18-10-9-17-35/h11-12,19-20,27H,6-10,13-18H2,1-5H3/t27-/m0/s1. The minimum atomic E-state index is -0.643. The number of aromatic nitrogens is 2. The molecular weight excluding hydrogens is 534 g/mol. The number of hydrogen-bond donors (Lipinski definition) is 0. The van der Waals surface area contributed by atoms with Gasteiger partial charge in [-0.1, -0.05) is 37.5 Å². The molecule has 0 bridgehead atoms. The van der Waals surface area contributed by atoms with Crippen molar-refractivity contribution in [2.75, 3.05) is 40.3 Å². The van der Waals surface area contributed by atoms with Gasteiger partial charge in [0.25, 0.3) is 5.91 Å². The number of carbonyl (C=O) groups excluding carboxylic acids is 3. The number of amides is 3. The van der Waals surface area contributed by atoms with E-state index >= 15 is 0 Å². The van der Waals surface area contributed by atoms with Gasteiger partial charge in [-0.25, -0.2) is 0 Å². The Hall–Kier alpha value is -3.14. The number of likely N-dealkylation sites (N-methyl/N-ethyl adjacent to an activating group) is 2. The van der Waals surface area contributed by atoms with Gasteiger partial charge in [0.2, 0.25) is 17.7 Å². The summed E-state index contributed by atoms with van der Waals surface area (Å²) in [5.41, 5.74) is 0.324. The van der Waals surface area contributed by atoms with Gasteiger partial charge in [0.05, 0.1) is 12.2 Å². The summed E-state index contributed by atoms with van der Waals surface area (Å²) in [7, 11) is 3.41. The number of hydrogen-bond acceptors (Lipinski definition) is 7. The molecule has 11 heteroatoms. The Bertz CT molecular complexity index is 1150. The molecule has 1 aliphatic heterocycles. The zero-order valence-corrected chi connectivity index (χ0v) is 25.1. The van der Waals surface area contributed by atoms with Crippen molar-refractivity contribution in [3.63, 3.8) is 0 Å². The topological polar surface area (TPSA) is 109 Å². The number of aryl methyl sites for hydroxylation is 2. The zero-order valence-electron chi connectivity index (χ0n) is 24.3. The van der Waals surface area contributed by atoms with Gasteiger partial charge in [-0.15, -0.1) is 0 Å². The zero-order chi connectivity index (χ0) is 29.2. The van der Waals surface area contributed by atoms with E-state index in [-0.39, 0.29) is 23.6 Å². The summed E-state index contributed by atoms with van der Waals surface area (Å²) in [5.74, 6) is 1.03. The molecule has 0 radical (unpaired) electrons. The molecule has 3 rings (SSSR count). The molecule has 1 atom stereocenters. The highest BCUT2D eigenvalue weighted by Gasteiger charge is 2.33. The number of nitrogens with zero attached hydrogens (tertiary/aromatic N) is 5. The molecule has 0 spiro atoms. The summed E-state index contributed by atoms with van der Waals surface area (Å²) in [5, 5.41) is 4.32. The second-order valence-electron chi connectivity index (χ2n) is 10.6. The van der Waals surface area contributed by atoms with E-state index in [9.17, 15) is 14.4 Å². The molecule has 10 nitrogen and oxygen atoms in total. The number of rotatable bonds is 5. The molecule has 0 saturated heterocycles. The lowest BCUT2D eigenvalue weighted by molar-refractivity contribution is -0.136. The Morgan fingerprint density at radius 3 is 2.48 bits per heavy atom. The monoisotopic (exact) mass is 575 g/mol. The van der Waals surface area contributed by atoms with E-state index in [0.717, 1.165) is 19.3 Å². The molecule has 220 valence electrons. The molecule has 1 aromatic carbocycles. The minimum Gasteiger partial charge on any atom is -0.493 e. The molecule has 0 aliphatic carbocycles. The predicted molar refractivity (Wildman–Crippen MR) is 152 cm³/mol. The van der Waals surface area contributed by atoms with E-state index in [2.05, 4.69) is 10.1 Å². The van der Waals surface area contributed by atoms with Crippen molar-refractivity contribution < 1.29 is 23.6 Å². The minimum absolute atomic E-state index is 0.0339. The van der Waals surface area contributed by atoms with Crippen molar-refractivity contribution in [2.24, 2.45) is 5.92 Å². The van der Waals surface area contributed by atoms with Gasteiger partial charge in [-0.05, 0) is 49.8 Å². The normalized spacial score (nSPS) is 18.5. The highest BCUT2D eigenvalue weighted by molar-refractivity contribution is 6.31. The van der Waals surface area contributed by atoms with Crippen LogP contribution < -0.4 is 4.74 Å².